The normalized spacial score (nSPS) is 15.3. The largest absolute Gasteiger partial charge is 0.452 e. The van der Waals surface area contributed by atoms with E-state index < -0.39 is 16.0 Å². The van der Waals surface area contributed by atoms with Crippen molar-refractivity contribution in [3.63, 3.8) is 0 Å². The Hall–Kier alpha value is -1.93. The second kappa shape index (κ2) is 7.97. The molecule has 7 nitrogen and oxygen atoms in total. The van der Waals surface area contributed by atoms with Gasteiger partial charge in [-0.25, -0.2) is 17.5 Å². The predicted octanol–water partition coefficient (Wildman–Crippen LogP) is 1.41. The maximum atomic E-state index is 12.3. The number of ether oxygens (including phenoxy) is 1. The first kappa shape index (κ1) is 19.4. The molecule has 0 bridgehead atoms. The minimum atomic E-state index is -3.65. The van der Waals surface area contributed by atoms with E-state index in [1.54, 1.807) is 17.9 Å². The maximum Gasteiger partial charge on any atom is 0.338 e. The van der Waals surface area contributed by atoms with E-state index >= 15 is 0 Å². The van der Waals surface area contributed by atoms with Gasteiger partial charge in [-0.2, -0.15) is 0 Å². The lowest BCUT2D eigenvalue weighted by atomic mass is 10.1. The Bertz CT molecular complexity index is 752. The van der Waals surface area contributed by atoms with Gasteiger partial charge in [0.1, 0.15) is 0 Å². The first-order valence-corrected chi connectivity index (χ1v) is 9.65. The topological polar surface area (TPSA) is 84.0 Å². The fourth-order valence-electron chi connectivity index (χ4n) is 2.63. The number of rotatable bonds is 5. The zero-order valence-corrected chi connectivity index (χ0v) is 15.6. The molecule has 1 aliphatic heterocycles. The molecule has 0 N–H and O–H groups in total. The van der Waals surface area contributed by atoms with Crippen molar-refractivity contribution in [3.05, 3.63) is 29.3 Å². The zero-order chi connectivity index (χ0) is 18.6. The van der Waals surface area contributed by atoms with Crippen molar-refractivity contribution in [2.45, 2.75) is 31.1 Å². The van der Waals surface area contributed by atoms with Crippen molar-refractivity contribution in [2.75, 3.05) is 33.8 Å². The molecule has 0 aromatic heterocycles. The minimum absolute atomic E-state index is 0.0115. The van der Waals surface area contributed by atoms with E-state index in [4.69, 9.17) is 4.74 Å². The summed E-state index contributed by atoms with van der Waals surface area (Å²) in [4.78, 5) is 26.1. The molecule has 1 saturated heterocycles. The van der Waals surface area contributed by atoms with Crippen LogP contribution in [0.25, 0.3) is 0 Å². The summed E-state index contributed by atoms with van der Waals surface area (Å²) >= 11 is 0. The van der Waals surface area contributed by atoms with Gasteiger partial charge in [0.05, 0.1) is 10.5 Å². The van der Waals surface area contributed by atoms with Gasteiger partial charge in [0, 0.05) is 27.2 Å². The quantitative estimate of drug-likeness (QED) is 0.734. The number of amides is 1. The Balaban J connectivity index is 2.09. The van der Waals surface area contributed by atoms with Crippen molar-refractivity contribution in [1.82, 2.24) is 9.21 Å². The van der Waals surface area contributed by atoms with Crippen LogP contribution in [0.2, 0.25) is 0 Å². The molecule has 0 spiro atoms. The second-order valence-electron chi connectivity index (χ2n) is 6.28. The fraction of sp³-hybridized carbons (Fsp3) is 0.529. The number of hydrogen-bond acceptors (Lipinski definition) is 5. The van der Waals surface area contributed by atoms with E-state index in [-0.39, 0.29) is 23.0 Å². The third kappa shape index (κ3) is 4.58. The van der Waals surface area contributed by atoms with Gasteiger partial charge in [0.2, 0.25) is 10.0 Å². The smallest absolute Gasteiger partial charge is 0.338 e. The lowest BCUT2D eigenvalue weighted by Crippen LogP contribution is -2.38. The highest BCUT2D eigenvalue weighted by molar-refractivity contribution is 7.89. The molecule has 0 unspecified atom stereocenters. The van der Waals surface area contributed by atoms with Crippen LogP contribution in [-0.4, -0.2) is 63.3 Å². The monoisotopic (exact) mass is 368 g/mol. The fourth-order valence-corrected chi connectivity index (χ4v) is 3.56. The number of sulfonamides is 1. The summed E-state index contributed by atoms with van der Waals surface area (Å²) in [6.07, 6.45) is 3.03. The van der Waals surface area contributed by atoms with E-state index in [0.717, 1.165) is 23.6 Å². The van der Waals surface area contributed by atoms with Gasteiger partial charge in [-0.1, -0.05) is 6.07 Å². The number of carbonyl (C=O) groups is 2. The third-order valence-corrected chi connectivity index (χ3v) is 6.05. The van der Waals surface area contributed by atoms with Crippen molar-refractivity contribution in [1.29, 1.82) is 0 Å². The lowest BCUT2D eigenvalue weighted by molar-refractivity contribution is -0.135. The van der Waals surface area contributed by atoms with Crippen LogP contribution in [0.15, 0.2) is 23.1 Å². The molecule has 1 fully saturated rings. The van der Waals surface area contributed by atoms with Crippen LogP contribution in [0.1, 0.15) is 35.2 Å². The molecule has 25 heavy (non-hydrogen) atoms. The number of aryl methyl sites for hydroxylation is 1. The molecule has 2 rings (SSSR count). The van der Waals surface area contributed by atoms with E-state index in [1.807, 2.05) is 0 Å². The standard InChI is InChI=1S/C17H24N2O5S/c1-13-7-8-14(25(22,23)18(2)3)11-15(13)17(21)24-12-16(20)19-9-5-4-6-10-19/h7-8,11H,4-6,9-10,12H2,1-3H3. The van der Waals surface area contributed by atoms with Crippen molar-refractivity contribution < 1.29 is 22.7 Å². The molecule has 1 heterocycles. The summed E-state index contributed by atoms with van der Waals surface area (Å²) < 4.78 is 30.6. The molecule has 8 heteroatoms. The van der Waals surface area contributed by atoms with E-state index in [2.05, 4.69) is 0 Å². The van der Waals surface area contributed by atoms with Crippen molar-refractivity contribution in [2.24, 2.45) is 0 Å². The number of hydrogen-bond donors (Lipinski definition) is 0. The van der Waals surface area contributed by atoms with Gasteiger partial charge in [-0.3, -0.25) is 4.79 Å². The summed E-state index contributed by atoms with van der Waals surface area (Å²) in [5.41, 5.74) is 0.738. The molecule has 1 aliphatic rings. The Morgan fingerprint density at radius 3 is 2.40 bits per heavy atom. The second-order valence-corrected chi connectivity index (χ2v) is 8.43. The van der Waals surface area contributed by atoms with Crippen LogP contribution in [0, 0.1) is 6.92 Å². The Kier molecular flexibility index (Phi) is 6.18. The SMILES string of the molecule is Cc1ccc(S(=O)(=O)N(C)C)cc1C(=O)OCC(=O)N1CCCCC1. The number of benzene rings is 1. The van der Waals surface area contributed by atoms with Crippen LogP contribution >= 0.6 is 0 Å². The Labute approximate surface area is 148 Å². The molecule has 0 atom stereocenters. The molecule has 0 radical (unpaired) electrons. The lowest BCUT2D eigenvalue weighted by Gasteiger charge is -2.26. The molecule has 1 aromatic rings. The highest BCUT2D eigenvalue weighted by atomic mass is 32.2. The first-order chi connectivity index (χ1) is 11.7. The average Bonchev–Trinajstić information content (AvgIpc) is 2.60. The minimum Gasteiger partial charge on any atom is -0.452 e. The van der Waals surface area contributed by atoms with Gasteiger partial charge in [0.25, 0.3) is 5.91 Å². The highest BCUT2D eigenvalue weighted by Crippen LogP contribution is 2.19. The van der Waals surface area contributed by atoms with Crippen LogP contribution in [-0.2, 0) is 19.6 Å². The third-order valence-electron chi connectivity index (χ3n) is 4.24. The van der Waals surface area contributed by atoms with Gasteiger partial charge in [0.15, 0.2) is 6.61 Å². The summed E-state index contributed by atoms with van der Waals surface area (Å²) in [6.45, 7) is 2.73. The molecule has 1 aromatic carbocycles. The Morgan fingerprint density at radius 2 is 1.80 bits per heavy atom. The van der Waals surface area contributed by atoms with Gasteiger partial charge >= 0.3 is 5.97 Å². The molecule has 0 aliphatic carbocycles. The number of esters is 1. The summed E-state index contributed by atoms with van der Waals surface area (Å²) in [6, 6.07) is 4.29. The molecule has 0 saturated carbocycles. The summed E-state index contributed by atoms with van der Waals surface area (Å²) in [5, 5.41) is 0. The van der Waals surface area contributed by atoms with E-state index in [0.29, 0.717) is 18.7 Å². The number of likely N-dealkylation sites (tertiary alicyclic amines) is 1. The average molecular weight is 368 g/mol. The summed E-state index contributed by atoms with van der Waals surface area (Å²) in [5.74, 6) is -0.915. The van der Waals surface area contributed by atoms with Crippen LogP contribution in [0.3, 0.4) is 0 Å². The van der Waals surface area contributed by atoms with Crippen molar-refractivity contribution >= 4 is 21.9 Å². The Morgan fingerprint density at radius 1 is 1.16 bits per heavy atom. The number of carbonyl (C=O) groups excluding carboxylic acids is 2. The van der Waals surface area contributed by atoms with E-state index in [9.17, 15) is 18.0 Å². The molecule has 138 valence electrons. The zero-order valence-electron chi connectivity index (χ0n) is 14.8. The van der Waals surface area contributed by atoms with Crippen molar-refractivity contribution in [3.8, 4) is 0 Å². The van der Waals surface area contributed by atoms with Crippen LogP contribution in [0.5, 0.6) is 0 Å². The number of nitrogens with zero attached hydrogens (tertiary/aromatic N) is 2. The highest BCUT2D eigenvalue weighted by Gasteiger charge is 2.22. The molecule has 1 amide bonds. The van der Waals surface area contributed by atoms with Gasteiger partial charge in [-0.05, 0) is 43.9 Å². The molecular formula is C17H24N2O5S. The maximum absolute atomic E-state index is 12.3. The van der Waals surface area contributed by atoms with E-state index in [1.165, 1.54) is 26.2 Å². The van der Waals surface area contributed by atoms with Gasteiger partial charge < -0.3 is 9.64 Å². The molecular weight excluding hydrogens is 344 g/mol. The van der Waals surface area contributed by atoms with Gasteiger partial charge in [-0.15, -0.1) is 0 Å². The predicted molar refractivity (Wildman–Crippen MR) is 92.8 cm³/mol. The summed E-state index contributed by atoms with van der Waals surface area (Å²) in [7, 11) is -0.805. The van der Waals surface area contributed by atoms with Crippen LogP contribution < -0.4 is 0 Å². The number of piperidine rings is 1. The first-order valence-electron chi connectivity index (χ1n) is 8.21. The van der Waals surface area contributed by atoms with Crippen LogP contribution in [0.4, 0.5) is 0 Å².